The van der Waals surface area contributed by atoms with Crippen LogP contribution in [0.15, 0.2) is 181 Å². The topological polar surface area (TPSA) is 77.6 Å². The molecule has 256 valence electrons. The molecule has 11 rings (SSSR count). The summed E-state index contributed by atoms with van der Waals surface area (Å²) in [5, 5.41) is 7.48. The minimum atomic E-state index is 0.581. The Labute approximate surface area is 315 Å². The maximum Gasteiger partial charge on any atom is 0.164 e. The summed E-state index contributed by atoms with van der Waals surface area (Å²) in [5.74, 6) is 1.77. The van der Waals surface area contributed by atoms with Gasteiger partial charge in [-0.2, -0.15) is 0 Å². The Morgan fingerprint density at radius 1 is 0.382 bits per heavy atom. The zero-order chi connectivity index (χ0) is 36.3. The minimum Gasteiger partial charge on any atom is -0.456 e. The lowest BCUT2D eigenvalue weighted by Gasteiger charge is -2.13. The van der Waals surface area contributed by atoms with E-state index in [2.05, 4.69) is 132 Å². The van der Waals surface area contributed by atoms with E-state index in [4.69, 9.17) is 24.4 Å². The molecule has 0 amide bonds. The molecular weight excluding hydrogens is 675 g/mol. The number of nitrogens with zero attached hydrogens (tertiary/aromatic N) is 5. The van der Waals surface area contributed by atoms with Crippen molar-refractivity contribution >= 4 is 54.4 Å². The standard InChI is InChI=1S/C49H29N5O/c1-2-9-30(10-3-1)38-13-6-7-14-39(38)48-52-47(36-20-18-33-25-35(19-17-34(33)26-36)42-22-21-37-29-50-24-23-43(37)51-42)53-49(54-48)40-15-8-16-44-46(40)41-27-31-11-4-5-12-32(31)28-45(41)55-44/h1-29H. The zero-order valence-corrected chi connectivity index (χ0v) is 29.4. The van der Waals surface area contributed by atoms with E-state index < -0.39 is 0 Å². The van der Waals surface area contributed by atoms with Gasteiger partial charge >= 0.3 is 0 Å². The molecule has 0 fully saturated rings. The molecule has 4 heterocycles. The Hall–Kier alpha value is -7.57. The average Bonchev–Trinajstić information content (AvgIpc) is 3.62. The van der Waals surface area contributed by atoms with Crippen LogP contribution in [-0.4, -0.2) is 24.9 Å². The first-order valence-electron chi connectivity index (χ1n) is 18.2. The molecule has 0 radical (unpaired) electrons. The predicted molar refractivity (Wildman–Crippen MR) is 222 cm³/mol. The molecule has 0 N–H and O–H groups in total. The summed E-state index contributed by atoms with van der Waals surface area (Å²) >= 11 is 0. The summed E-state index contributed by atoms with van der Waals surface area (Å²) in [6.07, 6.45) is 3.62. The van der Waals surface area contributed by atoms with Gasteiger partial charge in [-0.3, -0.25) is 4.98 Å². The number of furan rings is 1. The lowest BCUT2D eigenvalue weighted by Crippen LogP contribution is -2.01. The highest BCUT2D eigenvalue weighted by molar-refractivity contribution is 6.15. The van der Waals surface area contributed by atoms with Gasteiger partial charge in [-0.05, 0) is 81.2 Å². The Morgan fingerprint density at radius 3 is 1.89 bits per heavy atom. The second-order valence-corrected chi connectivity index (χ2v) is 13.7. The molecule has 55 heavy (non-hydrogen) atoms. The Bertz CT molecular complexity index is 3280. The Balaban J connectivity index is 1.10. The van der Waals surface area contributed by atoms with E-state index in [1.807, 2.05) is 42.6 Å². The molecule has 0 saturated heterocycles. The fourth-order valence-electron chi connectivity index (χ4n) is 7.66. The van der Waals surface area contributed by atoms with E-state index in [9.17, 15) is 0 Å². The van der Waals surface area contributed by atoms with Crippen molar-refractivity contribution in [3.8, 4) is 56.5 Å². The normalized spacial score (nSPS) is 11.6. The fraction of sp³-hybridized carbons (Fsp3) is 0. The van der Waals surface area contributed by atoms with Crippen molar-refractivity contribution in [1.82, 2.24) is 24.9 Å². The van der Waals surface area contributed by atoms with Gasteiger partial charge < -0.3 is 4.42 Å². The lowest BCUT2D eigenvalue weighted by molar-refractivity contribution is 0.669. The number of pyridine rings is 2. The molecule has 0 aliphatic rings. The first-order chi connectivity index (χ1) is 27.2. The van der Waals surface area contributed by atoms with Gasteiger partial charge in [0.1, 0.15) is 11.2 Å². The van der Waals surface area contributed by atoms with Gasteiger partial charge in [0.25, 0.3) is 0 Å². The number of hydrogen-bond donors (Lipinski definition) is 0. The maximum atomic E-state index is 6.46. The highest BCUT2D eigenvalue weighted by Crippen LogP contribution is 2.39. The predicted octanol–water partition coefficient (Wildman–Crippen LogP) is 12.4. The van der Waals surface area contributed by atoms with Crippen molar-refractivity contribution in [2.24, 2.45) is 0 Å². The van der Waals surface area contributed by atoms with Gasteiger partial charge in [-0.1, -0.05) is 115 Å². The number of aromatic nitrogens is 5. The van der Waals surface area contributed by atoms with Crippen LogP contribution in [0.1, 0.15) is 0 Å². The van der Waals surface area contributed by atoms with Crippen LogP contribution < -0.4 is 0 Å². The summed E-state index contributed by atoms with van der Waals surface area (Å²) in [7, 11) is 0. The van der Waals surface area contributed by atoms with Crippen molar-refractivity contribution in [3.05, 3.63) is 176 Å². The summed E-state index contributed by atoms with van der Waals surface area (Å²) in [6.45, 7) is 0. The van der Waals surface area contributed by atoms with Crippen molar-refractivity contribution in [1.29, 1.82) is 0 Å². The third-order valence-corrected chi connectivity index (χ3v) is 10.4. The third-order valence-electron chi connectivity index (χ3n) is 10.4. The molecule has 11 aromatic rings. The Kier molecular flexibility index (Phi) is 7.07. The first-order valence-corrected chi connectivity index (χ1v) is 18.2. The summed E-state index contributed by atoms with van der Waals surface area (Å²) in [4.78, 5) is 24.8. The van der Waals surface area contributed by atoms with Crippen molar-refractivity contribution in [3.63, 3.8) is 0 Å². The lowest BCUT2D eigenvalue weighted by atomic mass is 9.98. The van der Waals surface area contributed by atoms with Crippen LogP contribution in [0.4, 0.5) is 0 Å². The average molecular weight is 704 g/mol. The summed E-state index contributed by atoms with van der Waals surface area (Å²) < 4.78 is 6.46. The van der Waals surface area contributed by atoms with Crippen molar-refractivity contribution < 1.29 is 4.42 Å². The molecule has 0 atom stereocenters. The van der Waals surface area contributed by atoms with E-state index in [0.29, 0.717) is 17.5 Å². The fourth-order valence-corrected chi connectivity index (χ4v) is 7.66. The molecule has 0 aliphatic carbocycles. The van der Waals surface area contributed by atoms with E-state index >= 15 is 0 Å². The van der Waals surface area contributed by atoms with Gasteiger partial charge in [0.15, 0.2) is 17.5 Å². The highest BCUT2D eigenvalue weighted by Gasteiger charge is 2.20. The molecule has 6 nitrogen and oxygen atoms in total. The second-order valence-electron chi connectivity index (χ2n) is 13.7. The highest BCUT2D eigenvalue weighted by atomic mass is 16.3. The monoisotopic (exact) mass is 703 g/mol. The first kappa shape index (κ1) is 31.0. The van der Waals surface area contributed by atoms with Gasteiger partial charge in [-0.25, -0.2) is 19.9 Å². The maximum absolute atomic E-state index is 6.46. The van der Waals surface area contributed by atoms with Crippen molar-refractivity contribution in [2.45, 2.75) is 0 Å². The number of hydrogen-bond acceptors (Lipinski definition) is 6. The van der Waals surface area contributed by atoms with E-state index in [1.165, 1.54) is 0 Å². The molecule has 6 heteroatoms. The number of fused-ring (bicyclic) bond motifs is 6. The van der Waals surface area contributed by atoms with Crippen LogP contribution in [0.3, 0.4) is 0 Å². The second kappa shape index (κ2) is 12.5. The zero-order valence-electron chi connectivity index (χ0n) is 29.4. The molecule has 0 aliphatic heterocycles. The number of benzene rings is 7. The van der Waals surface area contributed by atoms with Crippen LogP contribution in [-0.2, 0) is 0 Å². The molecule has 0 saturated carbocycles. The van der Waals surface area contributed by atoms with Gasteiger partial charge in [-0.15, -0.1) is 0 Å². The third kappa shape index (κ3) is 5.39. The number of rotatable bonds is 5. The van der Waals surface area contributed by atoms with Crippen LogP contribution in [0, 0.1) is 0 Å². The SMILES string of the molecule is c1ccc(-c2ccccc2-c2nc(-c3ccc4cc(-c5ccc6cnccc6n5)ccc4c3)nc(-c3cccc4oc5cc6ccccc6cc5c34)n2)cc1. The van der Waals surface area contributed by atoms with Gasteiger partial charge in [0.05, 0.1) is 11.2 Å². The minimum absolute atomic E-state index is 0.581. The summed E-state index contributed by atoms with van der Waals surface area (Å²) in [5.41, 5.74) is 9.36. The Morgan fingerprint density at radius 2 is 1.04 bits per heavy atom. The smallest absolute Gasteiger partial charge is 0.164 e. The van der Waals surface area contributed by atoms with E-state index in [1.54, 1.807) is 6.20 Å². The van der Waals surface area contributed by atoms with Gasteiger partial charge in [0.2, 0.25) is 0 Å². The van der Waals surface area contributed by atoms with Gasteiger partial charge in [0, 0.05) is 50.8 Å². The molecular formula is C49H29N5O. The van der Waals surface area contributed by atoms with Crippen LogP contribution in [0.2, 0.25) is 0 Å². The quantitative estimate of drug-likeness (QED) is 0.178. The van der Waals surface area contributed by atoms with Crippen molar-refractivity contribution in [2.75, 3.05) is 0 Å². The van der Waals surface area contributed by atoms with E-state index in [-0.39, 0.29) is 0 Å². The molecule has 7 aromatic carbocycles. The van der Waals surface area contributed by atoms with E-state index in [0.717, 1.165) is 93.5 Å². The molecule has 0 spiro atoms. The summed E-state index contributed by atoms with van der Waals surface area (Å²) in [6, 6.07) is 56.4. The van der Waals surface area contributed by atoms with Crippen LogP contribution in [0.5, 0.6) is 0 Å². The van der Waals surface area contributed by atoms with Crippen LogP contribution in [0.25, 0.3) is 111 Å². The molecule has 0 bridgehead atoms. The molecule has 4 aromatic heterocycles. The molecule has 0 unspecified atom stereocenters. The van der Waals surface area contributed by atoms with Crippen LogP contribution >= 0.6 is 0 Å². The largest absolute Gasteiger partial charge is 0.456 e.